The van der Waals surface area contributed by atoms with Gasteiger partial charge in [0.05, 0.1) is 5.69 Å². The van der Waals surface area contributed by atoms with E-state index in [1.807, 2.05) is 18.2 Å². The summed E-state index contributed by atoms with van der Waals surface area (Å²) in [4.78, 5) is 13.2. The first-order chi connectivity index (χ1) is 10.1. The minimum Gasteiger partial charge on any atom is -0.397 e. The molecule has 2 bridgehead atoms. The number of amides is 1. The van der Waals surface area contributed by atoms with Crippen molar-refractivity contribution in [2.75, 3.05) is 5.73 Å². The van der Waals surface area contributed by atoms with Crippen LogP contribution in [0.15, 0.2) is 22.7 Å². The second kappa shape index (κ2) is 4.99. The van der Waals surface area contributed by atoms with E-state index < -0.39 is 0 Å². The molecule has 1 aromatic heterocycles. The van der Waals surface area contributed by atoms with Gasteiger partial charge in [-0.15, -0.1) is 11.3 Å². The van der Waals surface area contributed by atoms with Crippen LogP contribution in [-0.4, -0.2) is 11.9 Å². The van der Waals surface area contributed by atoms with Gasteiger partial charge < -0.3 is 11.1 Å². The molecule has 0 saturated heterocycles. The van der Waals surface area contributed by atoms with Crippen LogP contribution in [0.4, 0.5) is 5.69 Å². The summed E-state index contributed by atoms with van der Waals surface area (Å²) in [5.41, 5.74) is 6.79. The fraction of sp³-hybridized carbons (Fsp3) is 0.438. The molecule has 2 aromatic rings. The van der Waals surface area contributed by atoms with E-state index in [0.29, 0.717) is 22.5 Å². The van der Waals surface area contributed by atoms with E-state index in [4.69, 9.17) is 5.73 Å². The number of rotatable bonds is 2. The van der Waals surface area contributed by atoms with Crippen molar-refractivity contribution in [1.82, 2.24) is 5.32 Å². The Balaban J connectivity index is 1.60. The summed E-state index contributed by atoms with van der Waals surface area (Å²) in [6.07, 6.45) is 5.05. The first-order valence-corrected chi connectivity index (χ1v) is 9.01. The fourth-order valence-corrected chi connectivity index (χ4v) is 5.49. The largest absolute Gasteiger partial charge is 0.397 e. The third-order valence-electron chi connectivity index (χ3n) is 4.95. The number of hydrogen-bond acceptors (Lipinski definition) is 3. The van der Waals surface area contributed by atoms with Gasteiger partial charge in [0.1, 0.15) is 4.88 Å². The summed E-state index contributed by atoms with van der Waals surface area (Å²) >= 11 is 4.94. The molecule has 3 atom stereocenters. The standard InChI is InChI=1S/C16H17BrN2OS/c17-10-3-4-11-13(7-10)21-15(14(11)18)16(20)19-12-6-8-1-2-9(12)5-8/h3-4,7-9,12H,1-2,5-6,18H2,(H,19,20). The third-order valence-corrected chi connectivity index (χ3v) is 6.61. The average molecular weight is 365 g/mol. The summed E-state index contributed by atoms with van der Waals surface area (Å²) in [5.74, 6) is 1.52. The molecule has 2 saturated carbocycles. The van der Waals surface area contributed by atoms with E-state index in [9.17, 15) is 4.79 Å². The number of halogens is 1. The van der Waals surface area contributed by atoms with Crippen molar-refractivity contribution in [1.29, 1.82) is 0 Å². The molecule has 3 unspecified atom stereocenters. The Hall–Kier alpha value is -1.07. The van der Waals surface area contributed by atoms with Crippen molar-refractivity contribution in [3.05, 3.63) is 27.5 Å². The van der Waals surface area contributed by atoms with Crippen molar-refractivity contribution in [3.63, 3.8) is 0 Å². The molecule has 2 aliphatic carbocycles. The summed E-state index contributed by atoms with van der Waals surface area (Å²) in [7, 11) is 0. The number of nitrogens with two attached hydrogens (primary N) is 1. The Morgan fingerprint density at radius 1 is 1.33 bits per heavy atom. The Kier molecular flexibility index (Phi) is 3.23. The third kappa shape index (κ3) is 2.27. The van der Waals surface area contributed by atoms with Crippen molar-refractivity contribution >= 4 is 48.9 Å². The topological polar surface area (TPSA) is 55.1 Å². The minimum absolute atomic E-state index is 0.00220. The van der Waals surface area contributed by atoms with Gasteiger partial charge in [0.2, 0.25) is 0 Å². The van der Waals surface area contributed by atoms with Gasteiger partial charge in [-0.1, -0.05) is 28.4 Å². The number of nitrogen functional groups attached to an aromatic ring is 1. The molecule has 5 heteroatoms. The van der Waals surface area contributed by atoms with Crippen LogP contribution < -0.4 is 11.1 Å². The molecule has 3 N–H and O–H groups in total. The lowest BCUT2D eigenvalue weighted by Crippen LogP contribution is -2.38. The highest BCUT2D eigenvalue weighted by atomic mass is 79.9. The Morgan fingerprint density at radius 3 is 2.90 bits per heavy atom. The first kappa shape index (κ1) is 13.6. The fourth-order valence-electron chi connectivity index (χ4n) is 3.91. The van der Waals surface area contributed by atoms with E-state index in [-0.39, 0.29) is 5.91 Å². The second-order valence-electron chi connectivity index (χ2n) is 6.24. The number of thiophene rings is 1. The molecule has 1 heterocycles. The highest BCUT2D eigenvalue weighted by molar-refractivity contribution is 9.10. The van der Waals surface area contributed by atoms with Crippen LogP contribution in [0, 0.1) is 11.8 Å². The number of benzene rings is 1. The van der Waals surface area contributed by atoms with Gasteiger partial charge in [-0.25, -0.2) is 0 Å². The normalized spacial score (nSPS) is 27.4. The molecule has 0 aliphatic heterocycles. The van der Waals surface area contributed by atoms with E-state index in [0.717, 1.165) is 26.9 Å². The predicted molar refractivity (Wildman–Crippen MR) is 90.6 cm³/mol. The van der Waals surface area contributed by atoms with E-state index >= 15 is 0 Å². The van der Waals surface area contributed by atoms with Gasteiger partial charge in [0.15, 0.2) is 0 Å². The smallest absolute Gasteiger partial charge is 0.263 e. The Morgan fingerprint density at radius 2 is 2.19 bits per heavy atom. The SMILES string of the molecule is Nc1c(C(=O)NC2CC3CCC2C3)sc2cc(Br)ccc12. The van der Waals surface area contributed by atoms with E-state index in [2.05, 4.69) is 21.2 Å². The Bertz CT molecular complexity index is 726. The molecule has 2 aliphatic rings. The Labute approximate surface area is 136 Å². The van der Waals surface area contributed by atoms with Crippen molar-refractivity contribution < 1.29 is 4.79 Å². The number of nitrogens with one attached hydrogen (secondary N) is 1. The lowest BCUT2D eigenvalue weighted by atomic mass is 9.95. The predicted octanol–water partition coefficient (Wildman–Crippen LogP) is 4.16. The number of anilines is 1. The number of fused-ring (bicyclic) bond motifs is 3. The molecule has 1 aromatic carbocycles. The zero-order chi connectivity index (χ0) is 14.6. The lowest BCUT2D eigenvalue weighted by Gasteiger charge is -2.22. The van der Waals surface area contributed by atoms with Crippen LogP contribution in [-0.2, 0) is 0 Å². The maximum atomic E-state index is 12.6. The molecule has 1 amide bonds. The van der Waals surface area contributed by atoms with Gasteiger partial charge in [-0.3, -0.25) is 4.79 Å². The minimum atomic E-state index is 0.00220. The van der Waals surface area contributed by atoms with Gasteiger partial charge >= 0.3 is 0 Å². The molecular formula is C16H17BrN2OS. The van der Waals surface area contributed by atoms with Crippen LogP contribution in [0.2, 0.25) is 0 Å². The molecular weight excluding hydrogens is 348 g/mol. The zero-order valence-electron chi connectivity index (χ0n) is 11.6. The quantitative estimate of drug-likeness (QED) is 0.840. The molecule has 3 nitrogen and oxygen atoms in total. The monoisotopic (exact) mass is 364 g/mol. The summed E-state index contributed by atoms with van der Waals surface area (Å²) < 4.78 is 2.07. The number of hydrogen-bond donors (Lipinski definition) is 2. The van der Waals surface area contributed by atoms with Crippen LogP contribution in [0.5, 0.6) is 0 Å². The molecule has 110 valence electrons. The summed E-state index contributed by atoms with van der Waals surface area (Å²) in [6.45, 7) is 0. The second-order valence-corrected chi connectivity index (χ2v) is 8.21. The highest BCUT2D eigenvalue weighted by Crippen LogP contribution is 2.44. The van der Waals surface area contributed by atoms with Gasteiger partial charge in [-0.05, 0) is 43.2 Å². The summed E-state index contributed by atoms with van der Waals surface area (Å²) in [5, 5.41) is 4.20. The molecule has 0 radical (unpaired) electrons. The van der Waals surface area contributed by atoms with E-state index in [1.54, 1.807) is 0 Å². The lowest BCUT2D eigenvalue weighted by molar-refractivity contribution is 0.0928. The van der Waals surface area contributed by atoms with Crippen LogP contribution >= 0.6 is 27.3 Å². The van der Waals surface area contributed by atoms with Gasteiger partial charge in [0.25, 0.3) is 5.91 Å². The van der Waals surface area contributed by atoms with Crippen molar-refractivity contribution in [3.8, 4) is 0 Å². The molecule has 21 heavy (non-hydrogen) atoms. The van der Waals surface area contributed by atoms with E-state index in [1.165, 1.54) is 30.6 Å². The maximum absolute atomic E-state index is 12.6. The van der Waals surface area contributed by atoms with Crippen LogP contribution in [0.3, 0.4) is 0 Å². The van der Waals surface area contributed by atoms with Crippen LogP contribution in [0.25, 0.3) is 10.1 Å². The first-order valence-electron chi connectivity index (χ1n) is 7.40. The summed E-state index contributed by atoms with van der Waals surface area (Å²) in [6, 6.07) is 6.31. The molecule has 0 spiro atoms. The molecule has 4 rings (SSSR count). The average Bonchev–Trinajstić information content (AvgIpc) is 3.13. The highest BCUT2D eigenvalue weighted by Gasteiger charge is 2.40. The van der Waals surface area contributed by atoms with Gasteiger partial charge in [-0.2, -0.15) is 0 Å². The molecule has 2 fully saturated rings. The van der Waals surface area contributed by atoms with Gasteiger partial charge in [0, 0.05) is 20.6 Å². The number of carbonyl (C=O) groups is 1. The van der Waals surface area contributed by atoms with Crippen molar-refractivity contribution in [2.24, 2.45) is 11.8 Å². The van der Waals surface area contributed by atoms with Crippen molar-refractivity contribution in [2.45, 2.75) is 31.7 Å². The zero-order valence-corrected chi connectivity index (χ0v) is 14.0. The number of carbonyl (C=O) groups excluding carboxylic acids is 1. The maximum Gasteiger partial charge on any atom is 0.263 e. The van der Waals surface area contributed by atoms with Crippen LogP contribution in [0.1, 0.15) is 35.4 Å².